The first-order valence-corrected chi connectivity index (χ1v) is 9.52. The molecule has 2 aromatic carbocycles. The smallest absolute Gasteiger partial charge is 0.230 e. The topological polar surface area (TPSA) is 23.6 Å². The van der Waals surface area contributed by atoms with Gasteiger partial charge < -0.3 is 9.80 Å². The molecule has 4 rings (SSSR count). The molecule has 25 heavy (non-hydrogen) atoms. The fourth-order valence-corrected chi connectivity index (χ4v) is 4.18. The highest BCUT2D eigenvalue weighted by Gasteiger charge is 2.33. The second-order valence-electron chi connectivity index (χ2n) is 7.19. The van der Waals surface area contributed by atoms with Gasteiger partial charge in [0.1, 0.15) is 0 Å². The van der Waals surface area contributed by atoms with E-state index in [0.29, 0.717) is 0 Å². The number of para-hydroxylation sites is 2. The van der Waals surface area contributed by atoms with Gasteiger partial charge in [0, 0.05) is 36.9 Å². The summed E-state index contributed by atoms with van der Waals surface area (Å²) in [7, 11) is 0. The Morgan fingerprint density at radius 3 is 2.36 bits per heavy atom. The standard InChI is InChI=1S/C22H26N2O/c25-22-19(13-16-24(22)20-10-3-1-4-11-20)17-18-9-5-6-12-21(18)23-14-7-2-8-15-23/h1,3-6,9-12,19H,2,7-8,13-17H2/t19-/m1/s1. The molecule has 2 heterocycles. The summed E-state index contributed by atoms with van der Waals surface area (Å²) in [6, 6.07) is 18.7. The molecule has 0 aromatic heterocycles. The first-order valence-electron chi connectivity index (χ1n) is 9.52. The van der Waals surface area contributed by atoms with Crippen LogP contribution < -0.4 is 9.80 Å². The average molecular weight is 334 g/mol. The molecule has 0 N–H and O–H groups in total. The zero-order valence-electron chi connectivity index (χ0n) is 14.7. The number of amides is 1. The minimum absolute atomic E-state index is 0.103. The number of hydrogen-bond acceptors (Lipinski definition) is 2. The van der Waals surface area contributed by atoms with Gasteiger partial charge in [-0.05, 0) is 55.9 Å². The van der Waals surface area contributed by atoms with Crippen LogP contribution in [0.2, 0.25) is 0 Å². The van der Waals surface area contributed by atoms with E-state index in [1.54, 1.807) is 0 Å². The van der Waals surface area contributed by atoms with E-state index in [1.807, 2.05) is 35.2 Å². The van der Waals surface area contributed by atoms with Crippen LogP contribution in [0.1, 0.15) is 31.2 Å². The Labute approximate surface area is 150 Å². The Kier molecular flexibility index (Phi) is 4.73. The number of piperidine rings is 1. The number of nitrogens with zero attached hydrogens (tertiary/aromatic N) is 2. The van der Waals surface area contributed by atoms with E-state index in [4.69, 9.17) is 0 Å². The van der Waals surface area contributed by atoms with Crippen molar-refractivity contribution in [3.8, 4) is 0 Å². The minimum atomic E-state index is 0.103. The number of benzene rings is 2. The molecule has 0 radical (unpaired) electrons. The lowest BCUT2D eigenvalue weighted by Crippen LogP contribution is -2.31. The monoisotopic (exact) mass is 334 g/mol. The zero-order chi connectivity index (χ0) is 17.1. The number of carbonyl (C=O) groups excluding carboxylic acids is 1. The summed E-state index contributed by atoms with van der Waals surface area (Å²) < 4.78 is 0. The molecular weight excluding hydrogens is 308 g/mol. The van der Waals surface area contributed by atoms with Gasteiger partial charge in [0.05, 0.1) is 0 Å². The van der Waals surface area contributed by atoms with E-state index in [-0.39, 0.29) is 11.8 Å². The van der Waals surface area contributed by atoms with Crippen LogP contribution in [0.15, 0.2) is 54.6 Å². The van der Waals surface area contributed by atoms with E-state index in [9.17, 15) is 4.79 Å². The molecule has 2 fully saturated rings. The maximum Gasteiger partial charge on any atom is 0.230 e. The Bertz CT molecular complexity index is 722. The van der Waals surface area contributed by atoms with Gasteiger partial charge in [-0.3, -0.25) is 4.79 Å². The van der Waals surface area contributed by atoms with Crippen LogP contribution in [0.3, 0.4) is 0 Å². The van der Waals surface area contributed by atoms with E-state index >= 15 is 0 Å². The van der Waals surface area contributed by atoms with Gasteiger partial charge in [0.2, 0.25) is 5.91 Å². The molecule has 1 amide bonds. The fraction of sp³-hybridized carbons (Fsp3) is 0.409. The Hall–Kier alpha value is -2.29. The maximum absolute atomic E-state index is 12.9. The van der Waals surface area contributed by atoms with Crippen LogP contribution in [0, 0.1) is 5.92 Å². The van der Waals surface area contributed by atoms with Gasteiger partial charge in [-0.2, -0.15) is 0 Å². The predicted octanol–water partition coefficient (Wildman–Crippen LogP) is 4.27. The Morgan fingerprint density at radius 2 is 1.56 bits per heavy atom. The maximum atomic E-state index is 12.9. The highest BCUT2D eigenvalue weighted by atomic mass is 16.2. The lowest BCUT2D eigenvalue weighted by molar-refractivity contribution is -0.120. The van der Waals surface area contributed by atoms with Crippen molar-refractivity contribution in [3.05, 3.63) is 60.2 Å². The van der Waals surface area contributed by atoms with E-state index in [2.05, 4.69) is 29.2 Å². The number of rotatable bonds is 4. The molecule has 130 valence electrons. The Balaban J connectivity index is 1.50. The van der Waals surface area contributed by atoms with Crippen LogP contribution in [-0.4, -0.2) is 25.5 Å². The lowest BCUT2D eigenvalue weighted by Gasteiger charge is -2.31. The summed E-state index contributed by atoms with van der Waals surface area (Å²) in [4.78, 5) is 17.4. The molecule has 0 bridgehead atoms. The summed E-state index contributed by atoms with van der Waals surface area (Å²) in [6.07, 6.45) is 5.69. The van der Waals surface area contributed by atoms with Crippen LogP contribution in [-0.2, 0) is 11.2 Å². The first-order chi connectivity index (χ1) is 12.3. The van der Waals surface area contributed by atoms with Gasteiger partial charge in [-0.25, -0.2) is 0 Å². The van der Waals surface area contributed by atoms with Crippen molar-refractivity contribution in [3.63, 3.8) is 0 Å². The van der Waals surface area contributed by atoms with Crippen LogP contribution >= 0.6 is 0 Å². The second-order valence-corrected chi connectivity index (χ2v) is 7.19. The Morgan fingerprint density at radius 1 is 0.840 bits per heavy atom. The van der Waals surface area contributed by atoms with Crippen molar-refractivity contribution in [1.29, 1.82) is 0 Å². The predicted molar refractivity (Wildman–Crippen MR) is 103 cm³/mol. The second kappa shape index (κ2) is 7.30. The third-order valence-corrected chi connectivity index (χ3v) is 5.54. The summed E-state index contributed by atoms with van der Waals surface area (Å²) in [5.74, 6) is 0.380. The first kappa shape index (κ1) is 16.2. The van der Waals surface area contributed by atoms with Crippen molar-refractivity contribution in [2.75, 3.05) is 29.4 Å². The van der Waals surface area contributed by atoms with Crippen molar-refractivity contribution >= 4 is 17.3 Å². The molecule has 3 heteroatoms. The molecule has 0 saturated carbocycles. The summed E-state index contributed by atoms with van der Waals surface area (Å²) in [5.41, 5.74) is 3.70. The third kappa shape index (κ3) is 3.41. The molecule has 1 atom stereocenters. The van der Waals surface area contributed by atoms with Crippen molar-refractivity contribution < 1.29 is 4.79 Å². The summed E-state index contributed by atoms with van der Waals surface area (Å²) >= 11 is 0. The van der Waals surface area contributed by atoms with E-state index < -0.39 is 0 Å². The number of carbonyl (C=O) groups is 1. The highest BCUT2D eigenvalue weighted by Crippen LogP contribution is 2.31. The van der Waals surface area contributed by atoms with Gasteiger partial charge in [0.15, 0.2) is 0 Å². The zero-order valence-corrected chi connectivity index (χ0v) is 14.7. The minimum Gasteiger partial charge on any atom is -0.371 e. The molecule has 0 aliphatic carbocycles. The van der Waals surface area contributed by atoms with E-state index in [0.717, 1.165) is 38.2 Å². The molecule has 2 saturated heterocycles. The molecule has 0 spiro atoms. The van der Waals surface area contributed by atoms with Gasteiger partial charge in [0.25, 0.3) is 0 Å². The van der Waals surface area contributed by atoms with Crippen molar-refractivity contribution in [2.45, 2.75) is 32.1 Å². The van der Waals surface area contributed by atoms with Crippen molar-refractivity contribution in [2.24, 2.45) is 5.92 Å². The number of hydrogen-bond donors (Lipinski definition) is 0. The molecular formula is C22H26N2O. The average Bonchev–Trinajstić information content (AvgIpc) is 3.04. The lowest BCUT2D eigenvalue weighted by atomic mass is 9.95. The van der Waals surface area contributed by atoms with Gasteiger partial charge in [-0.15, -0.1) is 0 Å². The largest absolute Gasteiger partial charge is 0.371 e. The van der Waals surface area contributed by atoms with Crippen LogP contribution in [0.25, 0.3) is 0 Å². The molecule has 2 aliphatic heterocycles. The summed E-state index contributed by atoms with van der Waals surface area (Å²) in [5, 5.41) is 0. The highest BCUT2D eigenvalue weighted by molar-refractivity contribution is 5.97. The SMILES string of the molecule is O=C1[C@@H](Cc2ccccc2N2CCCCC2)CCN1c1ccccc1. The van der Waals surface area contributed by atoms with Crippen LogP contribution in [0.5, 0.6) is 0 Å². The van der Waals surface area contributed by atoms with E-state index in [1.165, 1.54) is 30.5 Å². The number of anilines is 2. The van der Waals surface area contributed by atoms with Crippen LogP contribution in [0.4, 0.5) is 11.4 Å². The van der Waals surface area contributed by atoms with Crippen molar-refractivity contribution in [1.82, 2.24) is 0 Å². The third-order valence-electron chi connectivity index (χ3n) is 5.54. The molecule has 3 nitrogen and oxygen atoms in total. The fourth-order valence-electron chi connectivity index (χ4n) is 4.18. The normalized spacial score (nSPS) is 21.0. The quantitative estimate of drug-likeness (QED) is 0.833. The molecule has 0 unspecified atom stereocenters. The molecule has 2 aliphatic rings. The van der Waals surface area contributed by atoms with Gasteiger partial charge >= 0.3 is 0 Å². The van der Waals surface area contributed by atoms with Gasteiger partial charge in [-0.1, -0.05) is 36.4 Å². The molecule has 2 aromatic rings. The summed E-state index contributed by atoms with van der Waals surface area (Å²) in [6.45, 7) is 3.12.